The lowest BCUT2D eigenvalue weighted by Gasteiger charge is -2.39. The number of quaternary nitrogens is 1. The molecule has 4 amide bonds. The van der Waals surface area contributed by atoms with Gasteiger partial charge in [0.15, 0.2) is 0 Å². The predicted molar refractivity (Wildman–Crippen MR) is 227 cm³/mol. The lowest BCUT2D eigenvalue weighted by atomic mass is 10.0. The number of piperidine rings is 2. The Balaban J connectivity index is 0.000000211. The highest BCUT2D eigenvalue weighted by Gasteiger charge is 2.50. The second kappa shape index (κ2) is 24.7. The molecular formula is C39H70N10O12S2. The summed E-state index contributed by atoms with van der Waals surface area (Å²) in [6.45, 7) is 18.3. The molecule has 4 aliphatic heterocycles. The van der Waals surface area contributed by atoms with Crippen molar-refractivity contribution in [2.45, 2.75) is 162 Å². The Labute approximate surface area is 372 Å². The number of unbranched alkanes of at least 4 members (excludes halogenated alkanes) is 5. The molecule has 4 aliphatic rings. The van der Waals surface area contributed by atoms with Crippen LogP contribution in [-0.2, 0) is 42.2 Å². The molecule has 0 aliphatic carbocycles. The first-order valence-electron chi connectivity index (χ1n) is 22.7. The summed E-state index contributed by atoms with van der Waals surface area (Å²) in [5, 5.41) is 20.2. The standard InChI is InChI=1S/C16H36N.C12H18N4O6S.C11H17N5O6S/c1-5-9-13-17(14-10-6-2,15-11-7-3)16-12-8-4;1-2-3-4-10-13-14-11(21-10)9-6-5-8-7-15(9)12(17)16(8)22-23(18,19)20;1-12-5-4-9-13-14-10(21-9)8-3-2-7-6-15(8)11(17)16(7)22-23(18,19)20/h5-16H2,1-4H3;8-9H,2-7H2,1H3,(H,18,19,20);7-8,12H,2-6H2,1H3,(H,18,19,20)/q+1;;/p-1/t;8-,9+;7-,8+/m.11/s1. The monoisotopic (exact) mass is 934 g/mol. The van der Waals surface area contributed by atoms with Crippen LogP contribution in [-0.4, -0.2) is 148 Å². The van der Waals surface area contributed by atoms with Crippen LogP contribution >= 0.6 is 0 Å². The molecule has 2 aromatic heterocycles. The summed E-state index contributed by atoms with van der Waals surface area (Å²) in [5.74, 6) is 1.63. The topological polar surface area (TPSA) is 267 Å². The van der Waals surface area contributed by atoms with E-state index in [2.05, 4.69) is 68.9 Å². The number of likely N-dealkylation sites (N-methyl/N-ethyl adjacent to an activating group) is 1. The van der Waals surface area contributed by atoms with E-state index in [-0.39, 0.29) is 13.1 Å². The molecule has 0 radical (unpaired) electrons. The van der Waals surface area contributed by atoms with E-state index >= 15 is 0 Å². The number of aromatic nitrogens is 4. The quantitative estimate of drug-likeness (QED) is 0.0772. The number of carbonyl (C=O) groups is 2. The number of hydroxylamine groups is 4. The molecule has 0 unspecified atom stereocenters. The molecule has 63 heavy (non-hydrogen) atoms. The molecular weight excluding hydrogens is 865 g/mol. The van der Waals surface area contributed by atoms with Crippen molar-refractivity contribution < 1.29 is 57.4 Å². The summed E-state index contributed by atoms with van der Waals surface area (Å²) >= 11 is 0. The van der Waals surface area contributed by atoms with E-state index in [1.807, 2.05) is 7.05 Å². The van der Waals surface area contributed by atoms with Gasteiger partial charge >= 0.3 is 22.5 Å². The Kier molecular flexibility index (Phi) is 20.4. The third-order valence-corrected chi connectivity index (χ3v) is 12.5. The van der Waals surface area contributed by atoms with Crippen molar-refractivity contribution in [2.75, 3.05) is 52.9 Å². The van der Waals surface area contributed by atoms with Crippen molar-refractivity contribution in [3.05, 3.63) is 23.6 Å². The fourth-order valence-electron chi connectivity index (χ4n) is 8.38. The molecule has 6 heterocycles. The number of nitrogens with one attached hydrogen (secondary N) is 1. The summed E-state index contributed by atoms with van der Waals surface area (Å²) in [5.41, 5.74) is 0. The number of amides is 4. The lowest BCUT2D eigenvalue weighted by Crippen LogP contribution is -2.50. The molecule has 24 heteroatoms. The summed E-state index contributed by atoms with van der Waals surface area (Å²) in [6, 6.07) is -3.08. The van der Waals surface area contributed by atoms with Gasteiger partial charge in [0, 0.05) is 32.5 Å². The number of urea groups is 2. The minimum atomic E-state index is -4.99. The van der Waals surface area contributed by atoms with Gasteiger partial charge in [-0.25, -0.2) is 18.0 Å². The molecule has 2 aromatic rings. The number of hydrogen-bond donors (Lipinski definition) is 2. The minimum Gasteiger partial charge on any atom is -0.724 e. The molecule has 0 saturated carbocycles. The van der Waals surface area contributed by atoms with Gasteiger partial charge in [-0.3, -0.25) is 4.55 Å². The average molecular weight is 935 g/mol. The van der Waals surface area contributed by atoms with E-state index in [0.717, 1.165) is 12.8 Å². The van der Waals surface area contributed by atoms with Crippen LogP contribution in [0, 0.1) is 0 Å². The van der Waals surface area contributed by atoms with Gasteiger partial charge in [0.1, 0.15) is 12.1 Å². The Hall–Kier alpha value is -3.52. The van der Waals surface area contributed by atoms with Gasteiger partial charge in [-0.15, -0.1) is 24.7 Å². The van der Waals surface area contributed by atoms with E-state index in [4.69, 9.17) is 13.4 Å². The Bertz CT molecular complexity index is 1780. The van der Waals surface area contributed by atoms with Gasteiger partial charge in [0.25, 0.3) is 0 Å². The molecule has 4 saturated heterocycles. The Morgan fingerprint density at radius 2 is 1.08 bits per heavy atom. The number of carbonyl (C=O) groups excluding carboxylic acids is 2. The summed E-state index contributed by atoms with van der Waals surface area (Å²) in [7, 11) is -7.93. The molecule has 4 bridgehead atoms. The molecule has 22 nitrogen and oxygen atoms in total. The minimum absolute atomic E-state index is 0.256. The first-order valence-corrected chi connectivity index (χ1v) is 25.4. The maximum absolute atomic E-state index is 12.3. The second-order valence-corrected chi connectivity index (χ2v) is 18.6. The molecule has 0 spiro atoms. The zero-order valence-corrected chi connectivity index (χ0v) is 39.5. The predicted octanol–water partition coefficient (Wildman–Crippen LogP) is 5.26. The van der Waals surface area contributed by atoms with Gasteiger partial charge in [0.2, 0.25) is 34.0 Å². The highest BCUT2D eigenvalue weighted by atomic mass is 32.3. The highest BCUT2D eigenvalue weighted by Crippen LogP contribution is 2.39. The molecule has 2 N–H and O–H groups in total. The fourth-order valence-corrected chi connectivity index (χ4v) is 9.15. The number of fused-ring (bicyclic) bond motifs is 4. The van der Waals surface area contributed by atoms with Crippen molar-refractivity contribution in [1.82, 2.24) is 45.6 Å². The maximum Gasteiger partial charge on any atom is 0.418 e. The summed E-state index contributed by atoms with van der Waals surface area (Å²) in [4.78, 5) is 27.4. The van der Waals surface area contributed by atoms with Crippen LogP contribution in [0.15, 0.2) is 8.83 Å². The van der Waals surface area contributed by atoms with Crippen LogP contribution in [0.5, 0.6) is 0 Å². The number of aryl methyl sites for hydroxylation is 1. The van der Waals surface area contributed by atoms with Crippen LogP contribution in [0.4, 0.5) is 9.59 Å². The maximum atomic E-state index is 12.3. The van der Waals surface area contributed by atoms with Crippen LogP contribution in [0.3, 0.4) is 0 Å². The molecule has 6 rings (SSSR count). The molecule has 4 atom stereocenters. The van der Waals surface area contributed by atoms with Crippen molar-refractivity contribution in [3.8, 4) is 0 Å². The number of nitrogens with zero attached hydrogens (tertiary/aromatic N) is 9. The lowest BCUT2D eigenvalue weighted by molar-refractivity contribution is -0.929. The van der Waals surface area contributed by atoms with Crippen LogP contribution in [0.1, 0.15) is 160 Å². The first kappa shape index (κ1) is 52.1. The second-order valence-electron chi connectivity index (χ2n) is 16.7. The van der Waals surface area contributed by atoms with Gasteiger partial charge in [-0.1, -0.05) is 66.7 Å². The number of rotatable bonds is 24. The summed E-state index contributed by atoms with van der Waals surface area (Å²) in [6.07, 6.45) is 16.3. The van der Waals surface area contributed by atoms with Crippen LogP contribution < -0.4 is 5.32 Å². The summed E-state index contributed by atoms with van der Waals surface area (Å²) < 4.78 is 83.9. The van der Waals surface area contributed by atoms with Crippen LogP contribution in [0.2, 0.25) is 0 Å². The average Bonchev–Trinajstić information content (AvgIpc) is 4.03. The van der Waals surface area contributed by atoms with E-state index in [9.17, 15) is 31.0 Å². The Morgan fingerprint density at radius 3 is 1.46 bits per heavy atom. The van der Waals surface area contributed by atoms with Gasteiger partial charge in [-0.2, -0.15) is 22.8 Å². The van der Waals surface area contributed by atoms with Crippen molar-refractivity contribution in [1.29, 1.82) is 0 Å². The first-order chi connectivity index (χ1) is 30.0. The van der Waals surface area contributed by atoms with E-state index in [1.165, 1.54) is 91.8 Å². The third kappa shape index (κ3) is 15.3. The highest BCUT2D eigenvalue weighted by molar-refractivity contribution is 7.81. The van der Waals surface area contributed by atoms with Crippen molar-refractivity contribution >= 4 is 32.9 Å². The fraction of sp³-hybridized carbons (Fsp3) is 0.846. The largest absolute Gasteiger partial charge is 0.724 e. The molecule has 0 aromatic carbocycles. The molecule has 360 valence electrons. The zero-order chi connectivity index (χ0) is 46.2. The van der Waals surface area contributed by atoms with E-state index in [1.54, 1.807) is 0 Å². The third-order valence-electron chi connectivity index (χ3n) is 11.8. The van der Waals surface area contributed by atoms with E-state index < -0.39 is 57.0 Å². The van der Waals surface area contributed by atoms with E-state index in [0.29, 0.717) is 78.8 Å². The van der Waals surface area contributed by atoms with Crippen molar-refractivity contribution in [3.63, 3.8) is 0 Å². The zero-order valence-electron chi connectivity index (χ0n) is 37.9. The van der Waals surface area contributed by atoms with Crippen LogP contribution in [0.25, 0.3) is 0 Å². The van der Waals surface area contributed by atoms with Crippen molar-refractivity contribution in [2.24, 2.45) is 0 Å². The normalized spacial score (nSPS) is 21.1. The SMILES string of the molecule is CCCC[N+](CCCC)(CCCC)CCCC.CCCCc1nnc([C@@H]2CC[C@@H]3CN2C(=O)N3OS(=O)(=O)[O-])o1.CNCCc1nnc([C@@H]2CC[C@@H]3CN2C(=O)N3OS(=O)(=O)O)o1. The Morgan fingerprint density at radius 1 is 0.667 bits per heavy atom. The molecule has 4 fully saturated rings. The number of hydrogen-bond acceptors (Lipinski definition) is 16. The van der Waals surface area contributed by atoms with Gasteiger partial charge < -0.3 is 33.0 Å². The van der Waals surface area contributed by atoms with Gasteiger partial charge in [-0.05, 0) is 64.8 Å². The smallest absolute Gasteiger partial charge is 0.418 e. The van der Waals surface area contributed by atoms with Gasteiger partial charge in [0.05, 0.1) is 38.3 Å².